The number of nitrogens with one attached hydrogen (secondary N) is 1. The third-order valence-electron chi connectivity index (χ3n) is 7.28. The van der Waals surface area contributed by atoms with Crippen LogP contribution >= 0.6 is 0 Å². The molecule has 6 heteroatoms. The monoisotopic (exact) mass is 495 g/mol. The van der Waals surface area contributed by atoms with Crippen LogP contribution in [0, 0.1) is 0 Å². The number of quaternary nitrogens is 1. The number of unbranched alkanes of at least 4 members (excludes halogenated alkanes) is 5. The van der Waals surface area contributed by atoms with Crippen molar-refractivity contribution in [3.05, 3.63) is 59.7 Å². The number of nitrogens with zero attached hydrogens (tertiary/aromatic N) is 1. The summed E-state index contributed by atoms with van der Waals surface area (Å²) in [6.45, 7) is 8.18. The standard InChI is InChI=1S/C30H42N2O4/c1-4-6-7-8-9-12-23-35-28-14-11-10-13-27(28)29(33)31-25-17-15-24(16-18-25)30(34)36-26-19-21-32(3,5-2)22-20-26/h10-11,13-18,26H,4-9,12,19-23H2,1-3H3/p+1. The lowest BCUT2D eigenvalue weighted by Crippen LogP contribution is -2.51. The van der Waals surface area contributed by atoms with E-state index in [0.717, 1.165) is 49.8 Å². The largest absolute Gasteiger partial charge is 0.493 e. The molecule has 0 aromatic heterocycles. The average molecular weight is 496 g/mol. The first-order valence-electron chi connectivity index (χ1n) is 13.6. The number of anilines is 1. The zero-order valence-corrected chi connectivity index (χ0v) is 22.3. The highest BCUT2D eigenvalue weighted by atomic mass is 16.5. The first-order valence-corrected chi connectivity index (χ1v) is 13.6. The summed E-state index contributed by atoms with van der Waals surface area (Å²) in [7, 11) is 2.26. The van der Waals surface area contributed by atoms with Crippen molar-refractivity contribution in [2.45, 2.75) is 71.3 Å². The summed E-state index contributed by atoms with van der Waals surface area (Å²) < 4.78 is 12.7. The maximum absolute atomic E-state index is 12.9. The van der Waals surface area contributed by atoms with Gasteiger partial charge in [-0.05, 0) is 49.7 Å². The molecule has 1 heterocycles. The fourth-order valence-corrected chi connectivity index (χ4v) is 4.55. The molecular formula is C30H43N2O4+. The molecule has 1 N–H and O–H groups in total. The van der Waals surface area contributed by atoms with Crippen LogP contribution in [-0.4, -0.2) is 55.8 Å². The van der Waals surface area contributed by atoms with Crippen LogP contribution in [0.2, 0.25) is 0 Å². The van der Waals surface area contributed by atoms with Gasteiger partial charge in [0.1, 0.15) is 11.9 Å². The summed E-state index contributed by atoms with van der Waals surface area (Å²) in [5.74, 6) is 0.0520. The average Bonchev–Trinajstić information content (AvgIpc) is 2.90. The Bertz CT molecular complexity index is 965. The van der Waals surface area contributed by atoms with Gasteiger partial charge >= 0.3 is 5.97 Å². The van der Waals surface area contributed by atoms with Gasteiger partial charge in [-0.15, -0.1) is 0 Å². The van der Waals surface area contributed by atoms with Crippen molar-refractivity contribution < 1.29 is 23.5 Å². The Balaban J connectivity index is 1.48. The Morgan fingerprint density at radius 2 is 1.58 bits per heavy atom. The summed E-state index contributed by atoms with van der Waals surface area (Å²) in [5, 5.41) is 2.91. The van der Waals surface area contributed by atoms with Crippen LogP contribution in [0.5, 0.6) is 5.75 Å². The molecule has 1 fully saturated rings. The molecule has 0 saturated carbocycles. The van der Waals surface area contributed by atoms with Gasteiger partial charge in [-0.3, -0.25) is 4.79 Å². The molecule has 0 aliphatic carbocycles. The minimum atomic E-state index is -0.307. The number of piperidine rings is 1. The number of carbonyl (C=O) groups is 2. The summed E-state index contributed by atoms with van der Waals surface area (Å²) in [4.78, 5) is 25.5. The molecule has 1 aliphatic heterocycles. The maximum Gasteiger partial charge on any atom is 0.338 e. The van der Waals surface area contributed by atoms with Crippen molar-refractivity contribution in [3.63, 3.8) is 0 Å². The number of benzene rings is 2. The van der Waals surface area contributed by atoms with Crippen LogP contribution < -0.4 is 10.1 Å². The number of amides is 1. The van der Waals surface area contributed by atoms with Gasteiger partial charge < -0.3 is 19.3 Å². The van der Waals surface area contributed by atoms with E-state index >= 15 is 0 Å². The number of hydrogen-bond acceptors (Lipinski definition) is 4. The zero-order valence-electron chi connectivity index (χ0n) is 22.3. The van der Waals surface area contributed by atoms with Crippen molar-refractivity contribution in [3.8, 4) is 5.75 Å². The Morgan fingerprint density at radius 1 is 0.917 bits per heavy atom. The van der Waals surface area contributed by atoms with Crippen LogP contribution in [0.3, 0.4) is 0 Å². The van der Waals surface area contributed by atoms with Crippen LogP contribution in [0.25, 0.3) is 0 Å². The third kappa shape index (κ3) is 8.37. The second kappa shape index (κ2) is 14.0. The summed E-state index contributed by atoms with van der Waals surface area (Å²) in [6, 6.07) is 14.2. The van der Waals surface area contributed by atoms with Gasteiger partial charge in [0.05, 0.1) is 44.4 Å². The van der Waals surface area contributed by atoms with Gasteiger partial charge in [0.15, 0.2) is 0 Å². The van der Waals surface area contributed by atoms with Crippen molar-refractivity contribution in [1.29, 1.82) is 0 Å². The van der Waals surface area contributed by atoms with Gasteiger partial charge in [0.25, 0.3) is 5.91 Å². The fourth-order valence-electron chi connectivity index (χ4n) is 4.55. The molecule has 2 aromatic carbocycles. The van der Waals surface area contributed by atoms with Crippen molar-refractivity contribution >= 4 is 17.6 Å². The number of esters is 1. The second-order valence-electron chi connectivity index (χ2n) is 10.1. The molecular weight excluding hydrogens is 452 g/mol. The lowest BCUT2D eigenvalue weighted by Gasteiger charge is -2.39. The molecule has 6 nitrogen and oxygen atoms in total. The first-order chi connectivity index (χ1) is 17.4. The van der Waals surface area contributed by atoms with E-state index in [0.29, 0.717) is 29.2 Å². The van der Waals surface area contributed by atoms with Crippen LogP contribution in [-0.2, 0) is 4.74 Å². The maximum atomic E-state index is 12.9. The highest BCUT2D eigenvalue weighted by molar-refractivity contribution is 6.06. The van der Waals surface area contributed by atoms with Gasteiger partial charge in [-0.2, -0.15) is 0 Å². The fraction of sp³-hybridized carbons (Fsp3) is 0.533. The Kier molecular flexibility index (Phi) is 10.8. The van der Waals surface area contributed by atoms with Crippen LogP contribution in [0.15, 0.2) is 48.5 Å². The Labute approximate surface area is 216 Å². The van der Waals surface area contributed by atoms with Crippen molar-refractivity contribution in [2.75, 3.05) is 38.6 Å². The Morgan fingerprint density at radius 3 is 2.28 bits per heavy atom. The first kappa shape index (κ1) is 27.7. The lowest BCUT2D eigenvalue weighted by atomic mass is 10.1. The van der Waals surface area contributed by atoms with E-state index in [9.17, 15) is 9.59 Å². The molecule has 2 aromatic rings. The third-order valence-corrected chi connectivity index (χ3v) is 7.28. The summed E-state index contributed by atoms with van der Waals surface area (Å²) in [6.07, 6.45) is 8.90. The van der Waals surface area contributed by atoms with E-state index < -0.39 is 0 Å². The summed E-state index contributed by atoms with van der Waals surface area (Å²) in [5.41, 5.74) is 1.62. The van der Waals surface area contributed by atoms with E-state index in [1.807, 2.05) is 18.2 Å². The molecule has 0 unspecified atom stereocenters. The lowest BCUT2D eigenvalue weighted by molar-refractivity contribution is -0.913. The quantitative estimate of drug-likeness (QED) is 0.197. The Hall–Kier alpha value is -2.86. The number of para-hydroxylation sites is 1. The van der Waals surface area contributed by atoms with Crippen LogP contribution in [0.1, 0.15) is 85.9 Å². The number of likely N-dealkylation sites (tertiary alicyclic amines) is 1. The van der Waals surface area contributed by atoms with Crippen LogP contribution in [0.4, 0.5) is 5.69 Å². The van der Waals surface area contributed by atoms with Gasteiger partial charge in [-0.1, -0.05) is 51.2 Å². The molecule has 0 atom stereocenters. The van der Waals surface area contributed by atoms with E-state index in [4.69, 9.17) is 9.47 Å². The molecule has 0 bridgehead atoms. The summed E-state index contributed by atoms with van der Waals surface area (Å²) >= 11 is 0. The molecule has 1 saturated heterocycles. The normalized spacial score (nSPS) is 19.5. The van der Waals surface area contributed by atoms with E-state index in [1.165, 1.54) is 25.7 Å². The van der Waals surface area contributed by atoms with Crippen molar-refractivity contribution in [1.82, 2.24) is 0 Å². The van der Waals surface area contributed by atoms with E-state index in [-0.39, 0.29) is 18.0 Å². The second-order valence-corrected chi connectivity index (χ2v) is 10.1. The molecule has 1 amide bonds. The molecule has 0 radical (unpaired) electrons. The highest BCUT2D eigenvalue weighted by Crippen LogP contribution is 2.22. The number of carbonyl (C=O) groups excluding carboxylic acids is 2. The van der Waals surface area contributed by atoms with Gasteiger partial charge in [0.2, 0.25) is 0 Å². The van der Waals surface area contributed by atoms with E-state index in [1.54, 1.807) is 30.3 Å². The predicted octanol–water partition coefficient (Wildman–Crippen LogP) is 6.46. The van der Waals surface area contributed by atoms with E-state index in [2.05, 4.69) is 26.2 Å². The highest BCUT2D eigenvalue weighted by Gasteiger charge is 2.30. The minimum Gasteiger partial charge on any atom is -0.493 e. The smallest absolute Gasteiger partial charge is 0.338 e. The molecule has 36 heavy (non-hydrogen) atoms. The molecule has 3 rings (SSSR count). The predicted molar refractivity (Wildman–Crippen MR) is 145 cm³/mol. The molecule has 1 aliphatic rings. The minimum absolute atomic E-state index is 0.0255. The molecule has 196 valence electrons. The number of hydrogen-bond donors (Lipinski definition) is 1. The topological polar surface area (TPSA) is 64.6 Å². The van der Waals surface area contributed by atoms with Crippen molar-refractivity contribution in [2.24, 2.45) is 0 Å². The number of ether oxygens (including phenoxy) is 2. The molecule has 0 spiro atoms. The van der Waals surface area contributed by atoms with Gasteiger partial charge in [0, 0.05) is 18.5 Å². The zero-order chi connectivity index (χ0) is 25.8. The SMILES string of the molecule is CCCCCCCCOc1ccccc1C(=O)Nc1ccc(C(=O)OC2CC[N+](C)(CC)CC2)cc1. The number of rotatable bonds is 13. The van der Waals surface area contributed by atoms with Gasteiger partial charge in [-0.25, -0.2) is 4.79 Å².